The minimum atomic E-state index is -0.188. The minimum Gasteiger partial charge on any atom is -0.356 e. The van der Waals surface area contributed by atoms with Crippen LogP contribution in [-0.4, -0.2) is 35.7 Å². The van der Waals surface area contributed by atoms with Crippen LogP contribution in [0, 0.1) is 11.8 Å². The molecule has 1 aliphatic carbocycles. The number of hydrogen-bond acceptors (Lipinski definition) is 3. The quantitative estimate of drug-likeness (QED) is 0.770. The summed E-state index contributed by atoms with van der Waals surface area (Å²) in [5.74, 6) is 0.664. The third-order valence-corrected chi connectivity index (χ3v) is 4.22. The summed E-state index contributed by atoms with van der Waals surface area (Å²) in [5.41, 5.74) is 0. The molecule has 0 aromatic carbocycles. The zero-order chi connectivity index (χ0) is 14.5. The number of imide groups is 1. The van der Waals surface area contributed by atoms with E-state index in [4.69, 9.17) is 0 Å². The van der Waals surface area contributed by atoms with Crippen molar-refractivity contribution in [1.82, 2.24) is 10.2 Å². The predicted octanol–water partition coefficient (Wildman–Crippen LogP) is 1.24. The molecule has 0 atom stereocenters. The highest BCUT2D eigenvalue weighted by Gasteiger charge is 2.29. The summed E-state index contributed by atoms with van der Waals surface area (Å²) >= 11 is 0. The van der Waals surface area contributed by atoms with Crippen molar-refractivity contribution in [3.63, 3.8) is 0 Å². The normalized spacial score (nSPS) is 26.1. The van der Waals surface area contributed by atoms with Crippen LogP contribution in [0.15, 0.2) is 12.2 Å². The molecular weight excluding hydrogens is 256 g/mol. The number of rotatable bonds is 5. The van der Waals surface area contributed by atoms with Crippen LogP contribution in [0.4, 0.5) is 0 Å². The fourth-order valence-electron chi connectivity index (χ4n) is 2.87. The Hall–Kier alpha value is -1.65. The first kappa shape index (κ1) is 14.8. The molecule has 5 nitrogen and oxygen atoms in total. The largest absolute Gasteiger partial charge is 0.356 e. The predicted molar refractivity (Wildman–Crippen MR) is 74.6 cm³/mol. The molecule has 1 fully saturated rings. The van der Waals surface area contributed by atoms with Crippen LogP contribution in [0.25, 0.3) is 0 Å². The number of carbonyl (C=O) groups is 3. The molecule has 3 amide bonds. The van der Waals surface area contributed by atoms with Crippen molar-refractivity contribution in [3.05, 3.63) is 12.2 Å². The van der Waals surface area contributed by atoms with E-state index in [1.807, 2.05) is 6.92 Å². The van der Waals surface area contributed by atoms with Gasteiger partial charge in [-0.2, -0.15) is 0 Å². The van der Waals surface area contributed by atoms with E-state index in [0.717, 1.165) is 32.2 Å². The first-order valence-corrected chi connectivity index (χ1v) is 7.40. The average Bonchev–Trinajstić information content (AvgIpc) is 2.78. The van der Waals surface area contributed by atoms with Gasteiger partial charge in [0.1, 0.15) is 0 Å². The molecule has 0 unspecified atom stereocenters. The monoisotopic (exact) mass is 278 g/mol. The van der Waals surface area contributed by atoms with E-state index in [-0.39, 0.29) is 17.7 Å². The minimum absolute atomic E-state index is 0.103. The van der Waals surface area contributed by atoms with Crippen LogP contribution >= 0.6 is 0 Å². The number of nitrogens with one attached hydrogen (secondary N) is 1. The third-order valence-electron chi connectivity index (χ3n) is 4.22. The second-order valence-electron chi connectivity index (χ2n) is 5.66. The van der Waals surface area contributed by atoms with Crippen LogP contribution in [0.2, 0.25) is 0 Å². The number of nitrogens with zero attached hydrogens (tertiary/aromatic N) is 1. The molecule has 0 aromatic rings. The molecule has 5 heteroatoms. The van der Waals surface area contributed by atoms with Crippen LogP contribution < -0.4 is 5.32 Å². The molecule has 0 spiro atoms. The number of hydrogen-bond donors (Lipinski definition) is 1. The van der Waals surface area contributed by atoms with E-state index >= 15 is 0 Å². The van der Waals surface area contributed by atoms with Gasteiger partial charge in [0.15, 0.2) is 0 Å². The average molecular weight is 278 g/mol. The van der Waals surface area contributed by atoms with Crippen LogP contribution in [0.5, 0.6) is 0 Å². The highest BCUT2D eigenvalue weighted by molar-refractivity contribution is 6.12. The van der Waals surface area contributed by atoms with Crippen molar-refractivity contribution in [2.75, 3.05) is 13.1 Å². The van der Waals surface area contributed by atoms with Gasteiger partial charge >= 0.3 is 0 Å². The van der Waals surface area contributed by atoms with E-state index in [9.17, 15) is 14.4 Å². The summed E-state index contributed by atoms with van der Waals surface area (Å²) in [6, 6.07) is 0. The van der Waals surface area contributed by atoms with Crippen molar-refractivity contribution in [2.45, 2.75) is 39.0 Å². The molecule has 0 saturated heterocycles. The van der Waals surface area contributed by atoms with E-state index in [1.165, 1.54) is 17.1 Å². The van der Waals surface area contributed by atoms with E-state index in [2.05, 4.69) is 5.32 Å². The van der Waals surface area contributed by atoms with Crippen LogP contribution in [-0.2, 0) is 14.4 Å². The van der Waals surface area contributed by atoms with Gasteiger partial charge in [-0.15, -0.1) is 0 Å². The van der Waals surface area contributed by atoms with E-state index in [0.29, 0.717) is 24.8 Å². The molecule has 2 aliphatic rings. The zero-order valence-electron chi connectivity index (χ0n) is 11.9. The molecule has 1 N–H and O–H groups in total. The number of carbonyl (C=O) groups excluding carboxylic acids is 3. The SMILES string of the molecule is CCC(=O)NCC1CCC(CN2C(=O)C=CC2=O)CC1. The Morgan fingerprint density at radius 3 is 2.25 bits per heavy atom. The maximum absolute atomic E-state index is 11.5. The topological polar surface area (TPSA) is 66.5 Å². The Morgan fingerprint density at radius 1 is 1.15 bits per heavy atom. The first-order valence-electron chi connectivity index (χ1n) is 7.40. The molecule has 0 bridgehead atoms. The lowest BCUT2D eigenvalue weighted by atomic mass is 9.81. The van der Waals surface area contributed by atoms with E-state index in [1.54, 1.807) is 0 Å². The van der Waals surface area contributed by atoms with E-state index < -0.39 is 0 Å². The standard InChI is InChI=1S/C15H22N2O3/c1-2-13(18)16-9-11-3-5-12(6-4-11)10-17-14(19)7-8-15(17)20/h7-8,11-12H,2-6,9-10H2,1H3,(H,16,18). The molecule has 1 heterocycles. The van der Waals surface area contributed by atoms with Crippen LogP contribution in [0.3, 0.4) is 0 Å². The molecule has 20 heavy (non-hydrogen) atoms. The first-order chi connectivity index (χ1) is 9.60. The molecule has 0 radical (unpaired) electrons. The molecular formula is C15H22N2O3. The smallest absolute Gasteiger partial charge is 0.253 e. The summed E-state index contributed by atoms with van der Waals surface area (Å²) < 4.78 is 0. The van der Waals surface area contributed by atoms with Gasteiger partial charge in [-0.3, -0.25) is 19.3 Å². The van der Waals surface area contributed by atoms with Gasteiger partial charge in [0.2, 0.25) is 5.91 Å². The Balaban J connectivity index is 1.70. The highest BCUT2D eigenvalue weighted by atomic mass is 16.2. The summed E-state index contributed by atoms with van der Waals surface area (Å²) in [7, 11) is 0. The van der Waals surface area contributed by atoms with Crippen molar-refractivity contribution in [3.8, 4) is 0 Å². The van der Waals surface area contributed by atoms with Gasteiger partial charge in [-0.05, 0) is 37.5 Å². The number of amides is 3. The van der Waals surface area contributed by atoms with Crippen molar-refractivity contribution in [2.24, 2.45) is 11.8 Å². The van der Waals surface area contributed by atoms with Gasteiger partial charge in [0.25, 0.3) is 11.8 Å². The van der Waals surface area contributed by atoms with Gasteiger partial charge in [0.05, 0.1) is 0 Å². The van der Waals surface area contributed by atoms with Gasteiger partial charge in [-0.25, -0.2) is 0 Å². The van der Waals surface area contributed by atoms with Gasteiger partial charge in [0, 0.05) is 31.7 Å². The highest BCUT2D eigenvalue weighted by Crippen LogP contribution is 2.29. The molecule has 1 saturated carbocycles. The Labute approximate surface area is 119 Å². The fourth-order valence-corrected chi connectivity index (χ4v) is 2.87. The summed E-state index contributed by atoms with van der Waals surface area (Å²) in [4.78, 5) is 35.6. The lowest BCUT2D eigenvalue weighted by Gasteiger charge is -2.30. The lowest BCUT2D eigenvalue weighted by molar-refractivity contribution is -0.137. The fraction of sp³-hybridized carbons (Fsp3) is 0.667. The summed E-state index contributed by atoms with van der Waals surface area (Å²) in [6.07, 6.45) is 7.36. The maximum Gasteiger partial charge on any atom is 0.253 e. The second-order valence-corrected chi connectivity index (χ2v) is 5.66. The van der Waals surface area contributed by atoms with Gasteiger partial charge < -0.3 is 5.32 Å². The summed E-state index contributed by atoms with van der Waals surface area (Å²) in [5, 5.41) is 2.94. The summed E-state index contributed by atoms with van der Waals surface area (Å²) in [6.45, 7) is 3.14. The molecule has 2 rings (SSSR count). The Morgan fingerprint density at radius 2 is 1.70 bits per heavy atom. The second kappa shape index (κ2) is 6.68. The Bertz CT molecular complexity index is 405. The third kappa shape index (κ3) is 3.68. The molecule has 1 aliphatic heterocycles. The zero-order valence-corrected chi connectivity index (χ0v) is 11.9. The van der Waals surface area contributed by atoms with Crippen LogP contribution in [0.1, 0.15) is 39.0 Å². The van der Waals surface area contributed by atoms with Crippen molar-refractivity contribution in [1.29, 1.82) is 0 Å². The Kier molecular flexibility index (Phi) is 4.93. The lowest BCUT2D eigenvalue weighted by Crippen LogP contribution is -2.37. The van der Waals surface area contributed by atoms with Crippen molar-refractivity contribution >= 4 is 17.7 Å². The maximum atomic E-state index is 11.5. The van der Waals surface area contributed by atoms with Gasteiger partial charge in [-0.1, -0.05) is 6.92 Å². The molecule has 0 aromatic heterocycles. The molecule has 110 valence electrons. The van der Waals surface area contributed by atoms with Crippen molar-refractivity contribution < 1.29 is 14.4 Å².